The van der Waals surface area contributed by atoms with Crippen molar-refractivity contribution in [2.75, 3.05) is 5.73 Å². The number of fused-ring (bicyclic) bond motifs is 1. The fraction of sp³-hybridized carbons (Fsp3) is 0.176. The molecule has 0 bridgehead atoms. The molecule has 1 atom stereocenters. The Labute approximate surface area is 147 Å². The number of nitrogens with zero attached hydrogens (tertiary/aromatic N) is 6. The van der Waals surface area contributed by atoms with E-state index in [0.717, 1.165) is 24.2 Å². The molecule has 26 heavy (non-hydrogen) atoms. The molecule has 9 heteroatoms. The Hall–Kier alpha value is -3.36. The fourth-order valence-electron chi connectivity index (χ4n) is 3.00. The lowest BCUT2D eigenvalue weighted by molar-refractivity contribution is 0.507. The average Bonchev–Trinajstić information content (AvgIpc) is 3.27. The SMILES string of the molecule is CCC(c1cn(-c2ccc(F)c(F)c2)nn1)c1ccc2c(N)ncnn12. The smallest absolute Gasteiger partial charge is 0.160 e. The quantitative estimate of drug-likeness (QED) is 0.608. The van der Waals surface area contributed by atoms with Crippen molar-refractivity contribution < 1.29 is 8.78 Å². The van der Waals surface area contributed by atoms with E-state index >= 15 is 0 Å². The van der Waals surface area contributed by atoms with Gasteiger partial charge in [-0.05, 0) is 30.7 Å². The fourth-order valence-corrected chi connectivity index (χ4v) is 3.00. The standard InChI is InChI=1S/C17H15F2N7/c1-2-11(15-5-6-16-17(20)21-9-22-26(15)16)14-8-25(24-23-14)10-3-4-12(18)13(19)7-10/h3-9,11H,2H2,1H3,(H2,20,21,22). The van der Waals surface area contributed by atoms with Gasteiger partial charge in [0.15, 0.2) is 17.5 Å². The van der Waals surface area contributed by atoms with Gasteiger partial charge < -0.3 is 5.73 Å². The molecule has 3 aromatic heterocycles. The highest BCUT2D eigenvalue weighted by Crippen LogP contribution is 2.28. The van der Waals surface area contributed by atoms with Gasteiger partial charge in [-0.25, -0.2) is 23.0 Å². The predicted octanol–water partition coefficient (Wildman–Crippen LogP) is 2.71. The number of nitrogens with two attached hydrogens (primary N) is 1. The van der Waals surface area contributed by atoms with E-state index < -0.39 is 11.6 Å². The van der Waals surface area contributed by atoms with Gasteiger partial charge in [-0.1, -0.05) is 12.1 Å². The summed E-state index contributed by atoms with van der Waals surface area (Å²) >= 11 is 0. The highest BCUT2D eigenvalue weighted by atomic mass is 19.2. The van der Waals surface area contributed by atoms with Crippen LogP contribution in [0, 0.1) is 11.6 Å². The lowest BCUT2D eigenvalue weighted by atomic mass is 9.99. The summed E-state index contributed by atoms with van der Waals surface area (Å²) in [6.45, 7) is 2.02. The zero-order chi connectivity index (χ0) is 18.3. The topological polar surface area (TPSA) is 86.9 Å². The van der Waals surface area contributed by atoms with Crippen molar-refractivity contribution in [3.05, 3.63) is 65.9 Å². The molecular weight excluding hydrogens is 340 g/mol. The van der Waals surface area contributed by atoms with Gasteiger partial charge in [0.1, 0.15) is 11.8 Å². The monoisotopic (exact) mass is 355 g/mol. The van der Waals surface area contributed by atoms with Gasteiger partial charge in [0.05, 0.1) is 23.3 Å². The van der Waals surface area contributed by atoms with E-state index in [2.05, 4.69) is 20.4 Å². The van der Waals surface area contributed by atoms with Gasteiger partial charge in [0.2, 0.25) is 0 Å². The number of anilines is 1. The van der Waals surface area contributed by atoms with Gasteiger partial charge in [0, 0.05) is 12.0 Å². The summed E-state index contributed by atoms with van der Waals surface area (Å²) in [6.07, 6.45) is 3.84. The third kappa shape index (κ3) is 2.57. The molecule has 0 aliphatic heterocycles. The molecule has 7 nitrogen and oxygen atoms in total. The maximum absolute atomic E-state index is 13.5. The summed E-state index contributed by atoms with van der Waals surface area (Å²) in [5, 5.41) is 12.5. The highest BCUT2D eigenvalue weighted by molar-refractivity contribution is 5.65. The van der Waals surface area contributed by atoms with Crippen LogP contribution in [-0.2, 0) is 0 Å². The Morgan fingerprint density at radius 3 is 2.77 bits per heavy atom. The number of hydrogen-bond acceptors (Lipinski definition) is 5. The van der Waals surface area contributed by atoms with Crippen LogP contribution in [0.25, 0.3) is 11.2 Å². The highest BCUT2D eigenvalue weighted by Gasteiger charge is 2.21. The first-order chi connectivity index (χ1) is 12.6. The van der Waals surface area contributed by atoms with E-state index in [1.165, 1.54) is 17.1 Å². The van der Waals surface area contributed by atoms with E-state index in [1.807, 2.05) is 19.1 Å². The number of rotatable bonds is 4. The number of hydrogen-bond donors (Lipinski definition) is 1. The van der Waals surface area contributed by atoms with Crippen molar-refractivity contribution in [3.63, 3.8) is 0 Å². The zero-order valence-electron chi connectivity index (χ0n) is 13.8. The summed E-state index contributed by atoms with van der Waals surface area (Å²) in [5.74, 6) is -1.54. The van der Waals surface area contributed by atoms with Crippen LogP contribution in [0.1, 0.15) is 30.7 Å². The minimum Gasteiger partial charge on any atom is -0.382 e. The van der Waals surface area contributed by atoms with Crippen molar-refractivity contribution in [3.8, 4) is 5.69 Å². The molecular formula is C17H15F2N7. The summed E-state index contributed by atoms with van der Waals surface area (Å²) in [4.78, 5) is 3.99. The lowest BCUT2D eigenvalue weighted by Gasteiger charge is -2.11. The Balaban J connectivity index is 1.74. The second kappa shape index (κ2) is 6.17. The van der Waals surface area contributed by atoms with Crippen LogP contribution in [0.5, 0.6) is 0 Å². The zero-order valence-corrected chi connectivity index (χ0v) is 13.8. The van der Waals surface area contributed by atoms with Gasteiger partial charge in [-0.15, -0.1) is 5.10 Å². The Morgan fingerprint density at radius 2 is 2.00 bits per heavy atom. The number of nitrogen functional groups attached to an aromatic ring is 1. The molecule has 0 radical (unpaired) electrons. The van der Waals surface area contributed by atoms with Crippen molar-refractivity contribution in [2.24, 2.45) is 0 Å². The molecule has 4 aromatic rings. The number of aromatic nitrogens is 6. The Morgan fingerprint density at radius 1 is 1.15 bits per heavy atom. The second-order valence-electron chi connectivity index (χ2n) is 5.85. The van der Waals surface area contributed by atoms with Gasteiger partial charge in [-0.3, -0.25) is 0 Å². The molecule has 0 spiro atoms. The maximum atomic E-state index is 13.5. The maximum Gasteiger partial charge on any atom is 0.160 e. The molecule has 4 rings (SSSR count). The number of halogens is 2. The van der Waals surface area contributed by atoms with Crippen LogP contribution in [0.4, 0.5) is 14.6 Å². The first kappa shape index (κ1) is 16.1. The van der Waals surface area contributed by atoms with Crippen molar-refractivity contribution in [1.82, 2.24) is 29.6 Å². The molecule has 3 heterocycles. The molecule has 1 aromatic carbocycles. The minimum absolute atomic E-state index is 0.0918. The normalized spacial score (nSPS) is 12.6. The van der Waals surface area contributed by atoms with Gasteiger partial charge in [-0.2, -0.15) is 5.10 Å². The van der Waals surface area contributed by atoms with Crippen molar-refractivity contribution in [1.29, 1.82) is 0 Å². The van der Waals surface area contributed by atoms with Crippen LogP contribution in [-0.4, -0.2) is 29.6 Å². The second-order valence-corrected chi connectivity index (χ2v) is 5.85. The first-order valence-corrected chi connectivity index (χ1v) is 8.04. The summed E-state index contributed by atoms with van der Waals surface area (Å²) < 4.78 is 29.7. The largest absolute Gasteiger partial charge is 0.382 e. The van der Waals surface area contributed by atoms with Crippen LogP contribution in [0.15, 0.2) is 42.9 Å². The minimum atomic E-state index is -0.934. The molecule has 0 aliphatic rings. The average molecular weight is 355 g/mol. The third-order valence-electron chi connectivity index (χ3n) is 4.31. The molecule has 0 saturated carbocycles. The Kier molecular flexibility index (Phi) is 3.83. The van der Waals surface area contributed by atoms with Crippen LogP contribution in [0.2, 0.25) is 0 Å². The molecule has 0 saturated heterocycles. The summed E-state index contributed by atoms with van der Waals surface area (Å²) in [5.41, 5.74) is 8.58. The predicted molar refractivity (Wildman–Crippen MR) is 90.8 cm³/mol. The van der Waals surface area contributed by atoms with Gasteiger partial charge in [0.25, 0.3) is 0 Å². The van der Waals surface area contributed by atoms with E-state index in [0.29, 0.717) is 22.7 Å². The molecule has 0 aliphatic carbocycles. The van der Waals surface area contributed by atoms with E-state index in [-0.39, 0.29) is 5.92 Å². The van der Waals surface area contributed by atoms with Crippen molar-refractivity contribution in [2.45, 2.75) is 19.3 Å². The summed E-state index contributed by atoms with van der Waals surface area (Å²) in [6, 6.07) is 7.36. The van der Waals surface area contributed by atoms with Crippen LogP contribution < -0.4 is 5.73 Å². The van der Waals surface area contributed by atoms with E-state index in [4.69, 9.17) is 5.73 Å². The summed E-state index contributed by atoms with van der Waals surface area (Å²) in [7, 11) is 0. The third-order valence-corrected chi connectivity index (χ3v) is 4.31. The molecule has 2 N–H and O–H groups in total. The first-order valence-electron chi connectivity index (χ1n) is 8.04. The number of benzene rings is 1. The van der Waals surface area contributed by atoms with E-state index in [9.17, 15) is 8.78 Å². The van der Waals surface area contributed by atoms with Gasteiger partial charge >= 0.3 is 0 Å². The van der Waals surface area contributed by atoms with Crippen LogP contribution in [0.3, 0.4) is 0 Å². The van der Waals surface area contributed by atoms with E-state index in [1.54, 1.807) is 10.7 Å². The van der Waals surface area contributed by atoms with Crippen molar-refractivity contribution >= 4 is 11.3 Å². The Bertz CT molecular complexity index is 1090. The lowest BCUT2D eigenvalue weighted by Crippen LogP contribution is -2.07. The molecule has 1 unspecified atom stereocenters. The molecule has 0 amide bonds. The van der Waals surface area contributed by atoms with Crippen LogP contribution >= 0.6 is 0 Å². The molecule has 0 fully saturated rings. The molecule has 132 valence electrons.